The smallest absolute Gasteiger partial charge is 0.216 e. The number of hydrogen-bond acceptors (Lipinski definition) is 5. The number of nitrogens with zero attached hydrogens (tertiary/aromatic N) is 3. The van der Waals surface area contributed by atoms with Gasteiger partial charge in [-0.05, 0) is 45.4 Å². The number of ether oxygens (including phenoxy) is 2. The summed E-state index contributed by atoms with van der Waals surface area (Å²) < 4.78 is 37.6. The summed E-state index contributed by atoms with van der Waals surface area (Å²) in [4.78, 5) is 6.45. The maximum atomic E-state index is 12.5. The van der Waals surface area contributed by atoms with E-state index in [2.05, 4.69) is 15.2 Å². The van der Waals surface area contributed by atoms with Crippen LogP contribution in [0.1, 0.15) is 33.3 Å². The molecule has 1 saturated heterocycles. The second-order valence-corrected chi connectivity index (χ2v) is 9.92. The molecule has 2 rings (SSSR count). The lowest BCUT2D eigenvalue weighted by Crippen LogP contribution is -2.54. The van der Waals surface area contributed by atoms with Gasteiger partial charge >= 0.3 is 0 Å². The van der Waals surface area contributed by atoms with Crippen LogP contribution >= 0.6 is 0 Å². The molecule has 170 valence electrons. The fraction of sp³-hybridized carbons (Fsp3) is 0.667. The Morgan fingerprint density at radius 1 is 1.07 bits per heavy atom. The third-order valence-electron chi connectivity index (χ3n) is 4.68. The number of hydrogen-bond donors (Lipinski definition) is 1. The molecule has 0 bridgehead atoms. The molecule has 1 N–H and O–H groups in total. The number of benzene rings is 1. The molecule has 8 nitrogen and oxygen atoms in total. The van der Waals surface area contributed by atoms with E-state index >= 15 is 0 Å². The minimum Gasteiger partial charge on any atom is -0.491 e. The molecule has 0 spiro atoms. The average Bonchev–Trinajstić information content (AvgIpc) is 2.69. The number of piperazine rings is 1. The molecular weight excluding hydrogens is 404 g/mol. The largest absolute Gasteiger partial charge is 0.491 e. The van der Waals surface area contributed by atoms with Crippen molar-refractivity contribution in [2.24, 2.45) is 4.99 Å². The highest BCUT2D eigenvalue weighted by Crippen LogP contribution is 2.14. The fourth-order valence-corrected chi connectivity index (χ4v) is 4.45. The SMILES string of the molecule is CN=C(NCc1ccc(OC(C)C)cc1)N1CCN(S(=O)(=O)CCOC(C)C)CC1. The van der Waals surface area contributed by atoms with Gasteiger partial charge in [0.1, 0.15) is 5.75 Å². The lowest BCUT2D eigenvalue weighted by molar-refractivity contribution is 0.0904. The highest BCUT2D eigenvalue weighted by molar-refractivity contribution is 7.89. The van der Waals surface area contributed by atoms with Gasteiger partial charge in [0, 0.05) is 39.8 Å². The second-order valence-electron chi connectivity index (χ2n) is 7.83. The van der Waals surface area contributed by atoms with Crippen LogP contribution in [-0.2, 0) is 21.3 Å². The first-order chi connectivity index (χ1) is 14.2. The predicted molar refractivity (Wildman–Crippen MR) is 120 cm³/mol. The first-order valence-corrected chi connectivity index (χ1v) is 12.1. The van der Waals surface area contributed by atoms with E-state index in [1.807, 2.05) is 52.0 Å². The number of nitrogens with one attached hydrogen (secondary N) is 1. The van der Waals surface area contributed by atoms with Gasteiger partial charge in [0.05, 0.1) is 24.6 Å². The van der Waals surface area contributed by atoms with Crippen LogP contribution in [0.2, 0.25) is 0 Å². The molecule has 0 unspecified atom stereocenters. The monoisotopic (exact) mass is 440 g/mol. The Kier molecular flexibility index (Phi) is 9.38. The molecule has 1 aliphatic rings. The molecule has 1 aliphatic heterocycles. The van der Waals surface area contributed by atoms with E-state index in [1.54, 1.807) is 11.4 Å². The second kappa shape index (κ2) is 11.5. The van der Waals surface area contributed by atoms with Crippen molar-refractivity contribution in [3.63, 3.8) is 0 Å². The Balaban J connectivity index is 1.82. The van der Waals surface area contributed by atoms with Gasteiger partial charge in [-0.15, -0.1) is 0 Å². The molecule has 0 aromatic heterocycles. The van der Waals surface area contributed by atoms with Crippen LogP contribution in [0.5, 0.6) is 5.75 Å². The van der Waals surface area contributed by atoms with Gasteiger partial charge in [-0.3, -0.25) is 4.99 Å². The maximum absolute atomic E-state index is 12.5. The van der Waals surface area contributed by atoms with Crippen molar-refractivity contribution in [3.05, 3.63) is 29.8 Å². The van der Waals surface area contributed by atoms with Gasteiger partial charge in [-0.1, -0.05) is 12.1 Å². The summed E-state index contributed by atoms with van der Waals surface area (Å²) in [5.74, 6) is 1.65. The quantitative estimate of drug-likeness (QED) is 0.467. The molecule has 0 radical (unpaired) electrons. The van der Waals surface area contributed by atoms with Crippen molar-refractivity contribution in [1.29, 1.82) is 0 Å². The van der Waals surface area contributed by atoms with Crippen LogP contribution in [0.3, 0.4) is 0 Å². The van der Waals surface area contributed by atoms with Crippen molar-refractivity contribution in [2.75, 3.05) is 45.6 Å². The minimum absolute atomic E-state index is 0.0225. The summed E-state index contributed by atoms with van der Waals surface area (Å²) in [5, 5.41) is 3.36. The average molecular weight is 441 g/mol. The van der Waals surface area contributed by atoms with Gasteiger partial charge in [-0.2, -0.15) is 4.31 Å². The van der Waals surface area contributed by atoms with Gasteiger partial charge in [0.25, 0.3) is 0 Å². The van der Waals surface area contributed by atoms with Crippen LogP contribution in [-0.4, -0.2) is 81.4 Å². The summed E-state index contributed by atoms with van der Waals surface area (Å²) in [6.07, 6.45) is 0.184. The molecule has 1 fully saturated rings. The fourth-order valence-electron chi connectivity index (χ4n) is 3.17. The first-order valence-electron chi connectivity index (χ1n) is 10.5. The van der Waals surface area contributed by atoms with E-state index in [0.29, 0.717) is 32.7 Å². The Morgan fingerprint density at radius 3 is 2.23 bits per heavy atom. The number of rotatable bonds is 9. The third kappa shape index (κ3) is 7.77. The zero-order chi connectivity index (χ0) is 22.1. The molecule has 0 aliphatic carbocycles. The predicted octanol–water partition coefficient (Wildman–Crippen LogP) is 1.92. The lowest BCUT2D eigenvalue weighted by Gasteiger charge is -2.35. The number of aliphatic imine (C=N–C) groups is 1. The first kappa shape index (κ1) is 24.4. The van der Waals surface area contributed by atoms with E-state index in [0.717, 1.165) is 17.3 Å². The van der Waals surface area contributed by atoms with Crippen molar-refractivity contribution in [2.45, 2.75) is 46.4 Å². The van der Waals surface area contributed by atoms with Crippen LogP contribution in [0.15, 0.2) is 29.3 Å². The van der Waals surface area contributed by atoms with Crippen LogP contribution in [0.25, 0.3) is 0 Å². The molecule has 30 heavy (non-hydrogen) atoms. The molecule has 9 heteroatoms. The van der Waals surface area contributed by atoms with E-state index in [9.17, 15) is 8.42 Å². The highest BCUT2D eigenvalue weighted by Gasteiger charge is 2.27. The topological polar surface area (TPSA) is 83.5 Å². The Labute approximate surface area is 181 Å². The maximum Gasteiger partial charge on any atom is 0.216 e. The van der Waals surface area contributed by atoms with E-state index in [-0.39, 0.29) is 24.6 Å². The molecule has 1 aromatic rings. The minimum atomic E-state index is -3.29. The summed E-state index contributed by atoms with van der Waals surface area (Å²) in [7, 11) is -1.55. The molecule has 1 aromatic carbocycles. The van der Waals surface area contributed by atoms with Gasteiger partial charge in [0.2, 0.25) is 10.0 Å². The Morgan fingerprint density at radius 2 is 1.70 bits per heavy atom. The van der Waals surface area contributed by atoms with Crippen molar-refractivity contribution < 1.29 is 17.9 Å². The van der Waals surface area contributed by atoms with Gasteiger partial charge in [-0.25, -0.2) is 8.42 Å². The van der Waals surface area contributed by atoms with Crippen LogP contribution in [0.4, 0.5) is 0 Å². The van der Waals surface area contributed by atoms with E-state index < -0.39 is 10.0 Å². The molecule has 0 saturated carbocycles. The van der Waals surface area contributed by atoms with Crippen molar-refractivity contribution in [1.82, 2.24) is 14.5 Å². The summed E-state index contributed by atoms with van der Waals surface area (Å²) in [6.45, 7) is 10.8. The lowest BCUT2D eigenvalue weighted by atomic mass is 10.2. The summed E-state index contributed by atoms with van der Waals surface area (Å²) in [5.41, 5.74) is 1.12. The number of sulfonamides is 1. The summed E-state index contributed by atoms with van der Waals surface area (Å²) >= 11 is 0. The molecule has 0 amide bonds. The summed E-state index contributed by atoms with van der Waals surface area (Å²) in [6, 6.07) is 7.99. The standard InChI is InChI=1S/C21H36N4O4S/c1-17(2)28-14-15-30(26,27)25-12-10-24(11-13-25)21(22-5)23-16-19-6-8-20(9-7-19)29-18(3)4/h6-9,17-18H,10-16H2,1-5H3,(H,22,23). The molecule has 0 atom stereocenters. The van der Waals surface area contributed by atoms with Crippen molar-refractivity contribution in [3.8, 4) is 5.75 Å². The Hall–Kier alpha value is -1.84. The van der Waals surface area contributed by atoms with Gasteiger partial charge < -0.3 is 19.7 Å². The highest BCUT2D eigenvalue weighted by atomic mass is 32.2. The van der Waals surface area contributed by atoms with Crippen LogP contribution < -0.4 is 10.1 Å². The number of guanidine groups is 1. The molecule has 1 heterocycles. The third-order valence-corrected chi connectivity index (χ3v) is 6.52. The van der Waals surface area contributed by atoms with Crippen molar-refractivity contribution >= 4 is 16.0 Å². The van der Waals surface area contributed by atoms with Crippen LogP contribution in [0, 0.1) is 0 Å². The zero-order valence-electron chi connectivity index (χ0n) is 18.8. The normalized spacial score (nSPS) is 16.4. The molecular formula is C21H36N4O4S. The van der Waals surface area contributed by atoms with E-state index in [4.69, 9.17) is 9.47 Å². The van der Waals surface area contributed by atoms with Gasteiger partial charge in [0.15, 0.2) is 5.96 Å². The Bertz CT molecular complexity index is 771. The van der Waals surface area contributed by atoms with E-state index in [1.165, 1.54) is 0 Å². The zero-order valence-corrected chi connectivity index (χ0v) is 19.6.